The average Bonchev–Trinajstić information content (AvgIpc) is 2.50. The molecule has 0 aliphatic carbocycles. The van der Waals surface area contributed by atoms with E-state index in [1.165, 1.54) is 0 Å². The molecule has 1 unspecified atom stereocenters. The smallest absolute Gasteiger partial charge is 0.239 e. The molecule has 3 aliphatic rings. The van der Waals surface area contributed by atoms with Crippen LogP contribution < -0.4 is 10.6 Å². The van der Waals surface area contributed by atoms with Crippen LogP contribution >= 0.6 is 0 Å². The predicted molar refractivity (Wildman–Crippen MR) is 76.2 cm³/mol. The number of hydrogen-bond acceptors (Lipinski definition) is 4. The van der Waals surface area contributed by atoms with Crippen LogP contribution in [-0.4, -0.2) is 31.1 Å². The summed E-state index contributed by atoms with van der Waals surface area (Å²) in [5.74, 6) is -0.00996. The second-order valence-electron chi connectivity index (χ2n) is 5.85. The van der Waals surface area contributed by atoms with Gasteiger partial charge in [-0.05, 0) is 51.1 Å². The highest BCUT2D eigenvalue weighted by Crippen LogP contribution is 2.47. The maximum Gasteiger partial charge on any atom is 0.239 e. The number of piperidine rings is 2. The van der Waals surface area contributed by atoms with Crippen molar-refractivity contribution in [3.8, 4) is 0 Å². The molecule has 20 heavy (non-hydrogen) atoms. The van der Waals surface area contributed by atoms with Gasteiger partial charge in [-0.3, -0.25) is 19.9 Å². The number of nitrogens with zero attached hydrogens (tertiary/aromatic N) is 1. The van der Waals surface area contributed by atoms with Crippen molar-refractivity contribution in [3.05, 3.63) is 11.8 Å². The summed E-state index contributed by atoms with van der Waals surface area (Å²) in [6.45, 7) is 1.87. The Labute approximate surface area is 118 Å². The number of carbonyl (C=O) groups is 2. The zero-order valence-electron chi connectivity index (χ0n) is 11.7. The Kier molecular flexibility index (Phi) is 3.70. The number of aliphatic imine (C=N–C) groups is 1. The van der Waals surface area contributed by atoms with Gasteiger partial charge in [0.25, 0.3) is 0 Å². The van der Waals surface area contributed by atoms with Crippen molar-refractivity contribution in [1.82, 2.24) is 10.6 Å². The van der Waals surface area contributed by atoms with Crippen molar-refractivity contribution in [1.29, 1.82) is 0 Å². The predicted octanol–water partition coefficient (Wildman–Crippen LogP) is 1.16. The maximum atomic E-state index is 12.7. The summed E-state index contributed by atoms with van der Waals surface area (Å²) in [5.41, 5.74) is 0.299. The summed E-state index contributed by atoms with van der Waals surface area (Å²) >= 11 is 0. The van der Waals surface area contributed by atoms with Crippen molar-refractivity contribution in [3.63, 3.8) is 0 Å². The summed E-state index contributed by atoms with van der Waals surface area (Å²) in [7, 11) is 0. The molecule has 0 aromatic carbocycles. The molecular formula is C15H21N3O2. The topological polar surface area (TPSA) is 70.6 Å². The maximum absolute atomic E-state index is 12.7. The van der Waals surface area contributed by atoms with E-state index in [2.05, 4.69) is 21.7 Å². The second-order valence-corrected chi connectivity index (χ2v) is 5.85. The molecule has 0 saturated carbocycles. The van der Waals surface area contributed by atoms with E-state index in [-0.39, 0.29) is 17.7 Å². The minimum absolute atomic E-state index is 0.133. The van der Waals surface area contributed by atoms with Crippen LogP contribution in [0.1, 0.15) is 38.5 Å². The zero-order chi connectivity index (χ0) is 14.0. The van der Waals surface area contributed by atoms with Gasteiger partial charge in [0.15, 0.2) is 0 Å². The molecule has 5 nitrogen and oxygen atoms in total. The summed E-state index contributed by atoms with van der Waals surface area (Å²) in [6, 6.07) is 0. The molecule has 2 N–H and O–H groups in total. The summed E-state index contributed by atoms with van der Waals surface area (Å²) in [5, 5.41) is 5.89. The van der Waals surface area contributed by atoms with Crippen molar-refractivity contribution in [2.24, 2.45) is 16.3 Å². The fourth-order valence-electron chi connectivity index (χ4n) is 3.69. The fraction of sp³-hybridized carbons (Fsp3) is 0.667. The van der Waals surface area contributed by atoms with Crippen LogP contribution in [-0.2, 0) is 9.59 Å². The lowest BCUT2D eigenvalue weighted by Gasteiger charge is -2.44. The number of hydrogen-bond donors (Lipinski definition) is 2. The molecule has 0 aromatic rings. The van der Waals surface area contributed by atoms with Crippen molar-refractivity contribution >= 4 is 18.0 Å². The molecule has 2 amide bonds. The molecule has 0 aromatic heterocycles. The highest BCUT2D eigenvalue weighted by atomic mass is 16.2. The van der Waals surface area contributed by atoms with Gasteiger partial charge in [0, 0.05) is 12.6 Å². The van der Waals surface area contributed by atoms with Gasteiger partial charge in [-0.1, -0.05) is 6.08 Å². The number of imide groups is 1. The molecule has 1 atom stereocenters. The quantitative estimate of drug-likeness (QED) is 0.743. The van der Waals surface area contributed by atoms with Gasteiger partial charge in [0.05, 0.1) is 11.1 Å². The lowest BCUT2D eigenvalue weighted by atomic mass is 9.64. The van der Waals surface area contributed by atoms with Crippen LogP contribution in [0.3, 0.4) is 0 Å². The van der Waals surface area contributed by atoms with E-state index in [1.807, 2.05) is 6.21 Å². The van der Waals surface area contributed by atoms with E-state index in [0.29, 0.717) is 12.8 Å². The highest BCUT2D eigenvalue weighted by Gasteiger charge is 2.51. The number of carbonyl (C=O) groups excluding carboxylic acids is 2. The SMILES string of the molecule is O=C1CCC(C2=CCCC=N2)(C2CCNCC2)C(=O)N1. The number of amides is 2. The zero-order valence-corrected chi connectivity index (χ0v) is 11.7. The van der Waals surface area contributed by atoms with Crippen LogP contribution in [0.15, 0.2) is 16.8 Å². The van der Waals surface area contributed by atoms with Crippen LogP contribution in [0.2, 0.25) is 0 Å². The van der Waals surface area contributed by atoms with Gasteiger partial charge in [-0.25, -0.2) is 0 Å². The van der Waals surface area contributed by atoms with Crippen LogP contribution in [0.5, 0.6) is 0 Å². The fourth-order valence-corrected chi connectivity index (χ4v) is 3.69. The van der Waals surface area contributed by atoms with E-state index >= 15 is 0 Å². The number of nitrogens with one attached hydrogen (secondary N) is 2. The van der Waals surface area contributed by atoms with Crippen molar-refractivity contribution in [2.45, 2.75) is 38.5 Å². The van der Waals surface area contributed by atoms with Crippen LogP contribution in [0, 0.1) is 11.3 Å². The molecule has 0 bridgehead atoms. The first-order valence-electron chi connectivity index (χ1n) is 7.51. The molecule has 2 saturated heterocycles. The van der Waals surface area contributed by atoms with Gasteiger partial charge in [0.2, 0.25) is 11.8 Å². The van der Waals surface area contributed by atoms with Crippen LogP contribution in [0.25, 0.3) is 0 Å². The van der Waals surface area contributed by atoms with Gasteiger partial charge < -0.3 is 5.32 Å². The largest absolute Gasteiger partial charge is 0.317 e. The molecule has 108 valence electrons. The van der Waals surface area contributed by atoms with Crippen molar-refractivity contribution in [2.75, 3.05) is 13.1 Å². The van der Waals surface area contributed by atoms with Gasteiger partial charge in [-0.2, -0.15) is 0 Å². The van der Waals surface area contributed by atoms with E-state index in [9.17, 15) is 9.59 Å². The molecule has 0 radical (unpaired) electrons. The first kappa shape index (κ1) is 13.5. The lowest BCUT2D eigenvalue weighted by Crippen LogP contribution is -2.55. The van der Waals surface area contributed by atoms with Gasteiger partial charge in [-0.15, -0.1) is 0 Å². The minimum Gasteiger partial charge on any atom is -0.317 e. The Balaban J connectivity index is 1.97. The summed E-state index contributed by atoms with van der Waals surface area (Å²) < 4.78 is 0. The van der Waals surface area contributed by atoms with E-state index < -0.39 is 5.41 Å². The monoisotopic (exact) mass is 275 g/mol. The minimum atomic E-state index is -0.590. The molecule has 3 aliphatic heterocycles. The first-order valence-corrected chi connectivity index (χ1v) is 7.51. The Hall–Kier alpha value is -1.49. The van der Waals surface area contributed by atoms with E-state index in [0.717, 1.165) is 44.5 Å². The molecular weight excluding hydrogens is 254 g/mol. The third-order valence-corrected chi connectivity index (χ3v) is 4.76. The average molecular weight is 275 g/mol. The van der Waals surface area contributed by atoms with Gasteiger partial charge >= 0.3 is 0 Å². The molecule has 2 fully saturated rings. The molecule has 3 rings (SSSR count). The Morgan fingerprint density at radius 1 is 1.20 bits per heavy atom. The second kappa shape index (κ2) is 5.48. The van der Waals surface area contributed by atoms with Gasteiger partial charge in [0.1, 0.15) is 0 Å². The van der Waals surface area contributed by atoms with E-state index in [1.54, 1.807) is 0 Å². The number of allylic oxidation sites excluding steroid dienone is 1. The molecule has 3 heterocycles. The third-order valence-electron chi connectivity index (χ3n) is 4.76. The Morgan fingerprint density at radius 2 is 2.00 bits per heavy atom. The highest BCUT2D eigenvalue weighted by molar-refractivity contribution is 6.02. The molecule has 5 heteroatoms. The Bertz CT molecular complexity index is 478. The first-order chi connectivity index (χ1) is 9.73. The number of rotatable bonds is 2. The van der Waals surface area contributed by atoms with Crippen molar-refractivity contribution < 1.29 is 9.59 Å². The molecule has 0 spiro atoms. The third kappa shape index (κ3) is 2.20. The Morgan fingerprint density at radius 3 is 2.65 bits per heavy atom. The van der Waals surface area contributed by atoms with Crippen LogP contribution in [0.4, 0.5) is 0 Å². The summed E-state index contributed by atoms with van der Waals surface area (Å²) in [4.78, 5) is 28.7. The lowest BCUT2D eigenvalue weighted by molar-refractivity contribution is -0.143. The standard InChI is InChI=1S/C15H21N3O2/c19-13-4-7-15(14(20)18-13,11-5-9-16-10-6-11)12-3-1-2-8-17-12/h3,8,11,16H,1-2,4-7,9-10H2,(H,18,19,20). The summed E-state index contributed by atoms with van der Waals surface area (Å²) in [6.07, 6.45) is 8.83. The van der Waals surface area contributed by atoms with E-state index in [4.69, 9.17) is 0 Å². The normalized spacial score (nSPS) is 31.9.